The van der Waals surface area contributed by atoms with Gasteiger partial charge in [-0.25, -0.2) is 4.39 Å². The summed E-state index contributed by atoms with van der Waals surface area (Å²) in [6.07, 6.45) is 1.08. The normalized spacial score (nSPS) is 11.1. The zero-order valence-corrected chi connectivity index (χ0v) is 17.7. The Morgan fingerprint density at radius 3 is 2.54 bits per heavy atom. The first-order chi connectivity index (χ1) is 13.6. The van der Waals surface area contributed by atoms with E-state index in [4.69, 9.17) is 21.1 Å². The molecule has 0 aliphatic heterocycles. The third kappa shape index (κ3) is 6.36. The molecular weight excluding hydrogens is 379 g/mol. The van der Waals surface area contributed by atoms with Crippen LogP contribution in [0.25, 0.3) is 0 Å². The van der Waals surface area contributed by atoms with E-state index in [1.165, 1.54) is 6.07 Å². The highest BCUT2D eigenvalue weighted by molar-refractivity contribution is 6.31. The Morgan fingerprint density at radius 1 is 1.11 bits per heavy atom. The van der Waals surface area contributed by atoms with Gasteiger partial charge in [-0.3, -0.25) is 0 Å². The fourth-order valence-electron chi connectivity index (χ4n) is 3.03. The van der Waals surface area contributed by atoms with Crippen LogP contribution >= 0.6 is 11.6 Å². The zero-order chi connectivity index (χ0) is 20.4. The molecule has 0 spiro atoms. The summed E-state index contributed by atoms with van der Waals surface area (Å²) in [5.41, 5.74) is 1.31. The Labute approximate surface area is 172 Å². The van der Waals surface area contributed by atoms with Gasteiger partial charge in [-0.1, -0.05) is 43.6 Å². The van der Waals surface area contributed by atoms with Crippen LogP contribution < -0.4 is 14.8 Å². The van der Waals surface area contributed by atoms with Gasteiger partial charge in [0, 0.05) is 17.7 Å². The van der Waals surface area contributed by atoms with Crippen molar-refractivity contribution in [1.82, 2.24) is 10.2 Å². The van der Waals surface area contributed by atoms with Gasteiger partial charge >= 0.3 is 0 Å². The number of ether oxygens (including phenoxy) is 2. The highest BCUT2D eigenvalue weighted by Gasteiger charge is 2.13. The summed E-state index contributed by atoms with van der Waals surface area (Å²) < 4.78 is 25.4. The number of hydrogen-bond acceptors (Lipinski definition) is 4. The predicted octanol–water partition coefficient (Wildman–Crippen LogP) is 4.89. The summed E-state index contributed by atoms with van der Waals surface area (Å²) in [6.45, 7) is 9.18. The van der Waals surface area contributed by atoms with E-state index in [0.29, 0.717) is 28.6 Å². The van der Waals surface area contributed by atoms with Crippen molar-refractivity contribution < 1.29 is 13.9 Å². The summed E-state index contributed by atoms with van der Waals surface area (Å²) in [4.78, 5) is 2.40. The molecule has 0 atom stereocenters. The first-order valence-electron chi connectivity index (χ1n) is 9.75. The summed E-state index contributed by atoms with van der Waals surface area (Å²) in [7, 11) is 1.60. The van der Waals surface area contributed by atoms with Gasteiger partial charge in [0.15, 0.2) is 11.5 Å². The minimum Gasteiger partial charge on any atom is -0.493 e. The van der Waals surface area contributed by atoms with Crippen LogP contribution in [0, 0.1) is 5.82 Å². The van der Waals surface area contributed by atoms with Gasteiger partial charge < -0.3 is 19.7 Å². The lowest BCUT2D eigenvalue weighted by Gasteiger charge is -2.18. The van der Waals surface area contributed by atoms with Gasteiger partial charge in [-0.2, -0.15) is 0 Å². The molecule has 0 amide bonds. The third-order valence-electron chi connectivity index (χ3n) is 4.74. The second-order valence-electron chi connectivity index (χ2n) is 6.49. The summed E-state index contributed by atoms with van der Waals surface area (Å²) in [6, 6.07) is 10.4. The van der Waals surface area contributed by atoms with Crippen molar-refractivity contribution in [3.8, 4) is 11.5 Å². The number of rotatable bonds is 12. The molecule has 2 aromatic carbocycles. The SMILES string of the molecule is CCN(CC)CCCNCc1cccc(OC)c1OCc1c(F)cccc1Cl. The van der Waals surface area contributed by atoms with Crippen molar-refractivity contribution in [3.63, 3.8) is 0 Å². The molecule has 0 aliphatic rings. The van der Waals surface area contributed by atoms with Crippen LogP contribution in [0.1, 0.15) is 31.4 Å². The largest absolute Gasteiger partial charge is 0.493 e. The Hall–Kier alpha value is -1.82. The molecule has 0 radical (unpaired) electrons. The Kier molecular flexibility index (Phi) is 9.55. The van der Waals surface area contributed by atoms with E-state index < -0.39 is 0 Å². The Bertz CT molecular complexity index is 718. The smallest absolute Gasteiger partial charge is 0.166 e. The lowest BCUT2D eigenvalue weighted by Crippen LogP contribution is -2.27. The topological polar surface area (TPSA) is 33.7 Å². The molecule has 0 aromatic heterocycles. The van der Waals surface area contributed by atoms with Crippen LogP contribution in [0.3, 0.4) is 0 Å². The minimum absolute atomic E-state index is 0.0425. The van der Waals surface area contributed by atoms with Gasteiger partial charge in [-0.15, -0.1) is 0 Å². The van der Waals surface area contributed by atoms with Crippen molar-refractivity contribution in [2.75, 3.05) is 33.3 Å². The van der Waals surface area contributed by atoms with Crippen LogP contribution in [0.15, 0.2) is 36.4 Å². The Morgan fingerprint density at radius 2 is 1.86 bits per heavy atom. The molecule has 0 aliphatic carbocycles. The highest BCUT2D eigenvalue weighted by atomic mass is 35.5. The maximum Gasteiger partial charge on any atom is 0.166 e. The standard InChI is InChI=1S/C22H30ClFN2O2/c1-4-26(5-2)14-8-13-25-15-17-9-6-12-21(27-3)22(17)28-16-18-19(23)10-7-11-20(18)24/h6-7,9-12,25H,4-5,8,13-16H2,1-3H3. The molecule has 0 saturated heterocycles. The number of benzene rings is 2. The number of halogens is 2. The van der Waals surface area contributed by atoms with E-state index in [9.17, 15) is 4.39 Å². The van der Waals surface area contributed by atoms with Crippen molar-refractivity contribution in [3.05, 3.63) is 58.4 Å². The van der Waals surface area contributed by atoms with Gasteiger partial charge in [0.2, 0.25) is 0 Å². The number of nitrogens with one attached hydrogen (secondary N) is 1. The van der Waals surface area contributed by atoms with E-state index >= 15 is 0 Å². The fourth-order valence-corrected chi connectivity index (χ4v) is 3.25. The van der Waals surface area contributed by atoms with Crippen molar-refractivity contribution >= 4 is 11.6 Å². The van der Waals surface area contributed by atoms with E-state index in [1.807, 2.05) is 18.2 Å². The van der Waals surface area contributed by atoms with Crippen molar-refractivity contribution in [2.45, 2.75) is 33.4 Å². The summed E-state index contributed by atoms with van der Waals surface area (Å²) >= 11 is 6.11. The predicted molar refractivity (Wildman–Crippen MR) is 113 cm³/mol. The van der Waals surface area contributed by atoms with E-state index in [-0.39, 0.29) is 12.4 Å². The van der Waals surface area contributed by atoms with Crippen LogP contribution in [0.4, 0.5) is 4.39 Å². The third-order valence-corrected chi connectivity index (χ3v) is 5.09. The lowest BCUT2D eigenvalue weighted by atomic mass is 10.1. The van der Waals surface area contributed by atoms with Gasteiger partial charge in [0.1, 0.15) is 12.4 Å². The molecule has 2 aromatic rings. The Balaban J connectivity index is 1.99. The molecular formula is C22H30ClFN2O2. The van der Waals surface area contributed by atoms with Gasteiger partial charge in [0.25, 0.3) is 0 Å². The summed E-state index contributed by atoms with van der Waals surface area (Å²) in [5, 5.41) is 3.81. The molecule has 2 rings (SSSR count). The molecule has 0 unspecified atom stereocenters. The number of para-hydroxylation sites is 1. The minimum atomic E-state index is -0.376. The summed E-state index contributed by atoms with van der Waals surface area (Å²) in [5.74, 6) is 0.856. The molecule has 154 valence electrons. The number of methoxy groups -OCH3 is 1. The molecule has 28 heavy (non-hydrogen) atoms. The van der Waals surface area contributed by atoms with Crippen molar-refractivity contribution in [2.24, 2.45) is 0 Å². The molecule has 0 fully saturated rings. The second kappa shape index (κ2) is 11.9. The molecule has 0 heterocycles. The number of hydrogen-bond donors (Lipinski definition) is 1. The molecule has 4 nitrogen and oxygen atoms in total. The average Bonchev–Trinajstić information content (AvgIpc) is 2.70. The van der Waals surface area contributed by atoms with Crippen LogP contribution in [-0.4, -0.2) is 38.2 Å². The zero-order valence-electron chi connectivity index (χ0n) is 16.9. The maximum absolute atomic E-state index is 14.0. The van der Waals surface area contributed by atoms with Gasteiger partial charge in [-0.05, 0) is 50.8 Å². The van der Waals surface area contributed by atoms with Gasteiger partial charge in [0.05, 0.1) is 12.1 Å². The maximum atomic E-state index is 14.0. The van der Waals surface area contributed by atoms with E-state index in [0.717, 1.165) is 38.2 Å². The van der Waals surface area contributed by atoms with Crippen LogP contribution in [-0.2, 0) is 13.2 Å². The second-order valence-corrected chi connectivity index (χ2v) is 6.90. The first kappa shape index (κ1) is 22.5. The molecule has 0 bridgehead atoms. The van der Waals surface area contributed by atoms with Crippen LogP contribution in [0.5, 0.6) is 11.5 Å². The number of nitrogens with zero attached hydrogens (tertiary/aromatic N) is 1. The van der Waals surface area contributed by atoms with E-state index in [1.54, 1.807) is 19.2 Å². The lowest BCUT2D eigenvalue weighted by molar-refractivity contribution is 0.275. The average molecular weight is 409 g/mol. The molecule has 6 heteroatoms. The molecule has 1 N–H and O–H groups in total. The van der Waals surface area contributed by atoms with Crippen LogP contribution in [0.2, 0.25) is 5.02 Å². The van der Waals surface area contributed by atoms with Crippen molar-refractivity contribution in [1.29, 1.82) is 0 Å². The fraction of sp³-hybridized carbons (Fsp3) is 0.455. The molecule has 0 saturated carbocycles. The van der Waals surface area contributed by atoms with E-state index in [2.05, 4.69) is 24.1 Å². The highest BCUT2D eigenvalue weighted by Crippen LogP contribution is 2.32. The quantitative estimate of drug-likeness (QED) is 0.507. The first-order valence-corrected chi connectivity index (χ1v) is 10.1. The monoisotopic (exact) mass is 408 g/mol.